The molecule has 15 nitrogen and oxygen atoms in total. The first-order valence-corrected chi connectivity index (χ1v) is 21.7. The molecular formula is C47H58N10O5. The van der Waals surface area contributed by atoms with Crippen molar-refractivity contribution < 1.29 is 24.3 Å². The predicted octanol–water partition coefficient (Wildman–Crippen LogP) is 4.57. The Bertz CT molecular complexity index is 2190. The second-order valence-electron chi connectivity index (χ2n) is 16.6. The van der Waals surface area contributed by atoms with Crippen molar-refractivity contribution in [2.24, 2.45) is 15.9 Å². The van der Waals surface area contributed by atoms with Crippen LogP contribution in [0.15, 0.2) is 89.0 Å². The summed E-state index contributed by atoms with van der Waals surface area (Å²) in [4.78, 5) is 71.7. The van der Waals surface area contributed by atoms with Crippen molar-refractivity contribution in [3.63, 3.8) is 0 Å². The standard InChI is InChI=1S/C47H58N10O5/c1-4-20-49-46(61)39(29-48-2)45(52-42-15-7-33-6-14-41(59)44(33)51-42)50-36-8-11-37(12-9-36)56-22-18-32(19-23-56)17-21-55-24-26-57(27-25-55)38-10-5-34(31-58)35(28-38)30-54(3)40-13-16-43(60)53-47(40)62/h4-5,7-12,15,28-29,31-32,40-41,59H,1-2,6,13-14,16-27,30H2,3H3,(H,49,61)(H,50,51,52)(H,53,60,62)/b39-29+. The normalized spacial score (nSPS) is 20.2. The molecule has 3 aromatic rings. The van der Waals surface area contributed by atoms with Gasteiger partial charge in [0, 0.05) is 87.6 Å². The number of nitrogens with zero attached hydrogens (tertiary/aromatic N) is 7. The Hall–Kier alpha value is -6.03. The molecular weight excluding hydrogens is 785 g/mol. The Kier molecular flexibility index (Phi) is 14.7. The molecule has 15 heteroatoms. The van der Waals surface area contributed by atoms with Crippen LogP contribution in [0.5, 0.6) is 0 Å². The molecule has 3 amide bonds. The van der Waals surface area contributed by atoms with Gasteiger partial charge in [-0.05, 0) is 124 Å². The lowest BCUT2D eigenvalue weighted by molar-refractivity contribution is -0.137. The second kappa shape index (κ2) is 20.7. The summed E-state index contributed by atoms with van der Waals surface area (Å²) in [6.07, 6.45) is 8.80. The third-order valence-corrected chi connectivity index (χ3v) is 12.5. The Morgan fingerprint density at radius 3 is 2.42 bits per heavy atom. The number of aryl methyl sites for hydroxylation is 1. The monoisotopic (exact) mass is 842 g/mol. The molecule has 4 N–H and O–H groups in total. The van der Waals surface area contributed by atoms with Crippen LogP contribution >= 0.6 is 0 Å². The van der Waals surface area contributed by atoms with Crippen molar-refractivity contribution >= 4 is 59.4 Å². The fraction of sp³-hybridized carbons (Fsp3) is 0.426. The number of aldehydes is 1. The molecule has 4 heterocycles. The number of imide groups is 1. The molecule has 2 atom stereocenters. The summed E-state index contributed by atoms with van der Waals surface area (Å²) < 4.78 is 0. The number of aliphatic hydroxyl groups excluding tert-OH is 1. The van der Waals surface area contributed by atoms with E-state index in [2.05, 4.69) is 72.1 Å². The number of amides is 3. The van der Waals surface area contributed by atoms with Gasteiger partial charge in [-0.1, -0.05) is 12.1 Å². The van der Waals surface area contributed by atoms with Crippen LogP contribution in [0.1, 0.15) is 71.8 Å². The fourth-order valence-electron chi connectivity index (χ4n) is 8.82. The summed E-state index contributed by atoms with van der Waals surface area (Å²) in [7, 11) is 1.86. The lowest BCUT2D eigenvalue weighted by atomic mass is 9.93. The summed E-state index contributed by atoms with van der Waals surface area (Å²) >= 11 is 0. The molecule has 62 heavy (non-hydrogen) atoms. The second-order valence-corrected chi connectivity index (χ2v) is 16.6. The highest BCUT2D eigenvalue weighted by molar-refractivity contribution is 6.25. The smallest absolute Gasteiger partial charge is 0.256 e. The highest BCUT2D eigenvalue weighted by atomic mass is 16.3. The lowest BCUT2D eigenvalue weighted by Gasteiger charge is -2.38. The Morgan fingerprint density at radius 2 is 1.71 bits per heavy atom. The first-order chi connectivity index (χ1) is 30.1. The molecule has 1 aliphatic carbocycles. The van der Waals surface area contributed by atoms with Crippen LogP contribution in [0.2, 0.25) is 0 Å². The zero-order valence-electron chi connectivity index (χ0n) is 35.6. The number of carbonyl (C=O) groups is 4. The van der Waals surface area contributed by atoms with E-state index >= 15 is 0 Å². The minimum atomic E-state index is -0.635. The summed E-state index contributed by atoms with van der Waals surface area (Å²) in [5.41, 5.74) is 6.26. The summed E-state index contributed by atoms with van der Waals surface area (Å²) in [5, 5.41) is 19.0. The molecule has 0 spiro atoms. The lowest BCUT2D eigenvalue weighted by Crippen LogP contribution is -2.51. The van der Waals surface area contributed by atoms with Crippen molar-refractivity contribution in [1.82, 2.24) is 25.4 Å². The number of hydrogen-bond donors (Lipinski definition) is 4. The van der Waals surface area contributed by atoms with Gasteiger partial charge in [0.15, 0.2) is 5.82 Å². The molecule has 0 radical (unpaired) electrons. The largest absolute Gasteiger partial charge is 0.387 e. The number of aromatic nitrogens is 1. The van der Waals surface area contributed by atoms with Gasteiger partial charge in [0.1, 0.15) is 17.7 Å². The number of aliphatic hydroxyl groups is 1. The van der Waals surface area contributed by atoms with Crippen molar-refractivity contribution in [1.29, 1.82) is 0 Å². The van der Waals surface area contributed by atoms with Crippen molar-refractivity contribution in [2.75, 3.05) is 74.5 Å². The number of pyridine rings is 1. The van der Waals surface area contributed by atoms with Gasteiger partial charge in [-0.15, -0.1) is 6.58 Å². The van der Waals surface area contributed by atoms with Crippen LogP contribution in [0, 0.1) is 5.92 Å². The van der Waals surface area contributed by atoms with E-state index in [4.69, 9.17) is 4.99 Å². The van der Waals surface area contributed by atoms with Crippen LogP contribution in [0.25, 0.3) is 0 Å². The van der Waals surface area contributed by atoms with Crippen LogP contribution in [-0.2, 0) is 27.3 Å². The number of nitrogens with one attached hydrogen (secondary N) is 3. The molecule has 1 aromatic heterocycles. The van der Waals surface area contributed by atoms with Gasteiger partial charge in [-0.3, -0.25) is 39.3 Å². The van der Waals surface area contributed by atoms with Crippen LogP contribution in [0.4, 0.5) is 22.9 Å². The highest BCUT2D eigenvalue weighted by Crippen LogP contribution is 2.32. The quantitative estimate of drug-likeness (QED) is 0.0397. The number of benzene rings is 2. The Labute approximate surface area is 363 Å². The molecule has 326 valence electrons. The highest BCUT2D eigenvalue weighted by Gasteiger charge is 2.31. The number of rotatable bonds is 16. The first-order valence-electron chi connectivity index (χ1n) is 21.7. The minimum Gasteiger partial charge on any atom is -0.387 e. The molecule has 3 fully saturated rings. The zero-order chi connectivity index (χ0) is 43.6. The summed E-state index contributed by atoms with van der Waals surface area (Å²) in [6, 6.07) is 17.4. The molecule has 3 aliphatic heterocycles. The number of anilines is 3. The summed E-state index contributed by atoms with van der Waals surface area (Å²) in [5.74, 6) is 0.373. The molecule has 2 unspecified atom stereocenters. The van der Waals surface area contributed by atoms with Crippen molar-refractivity contribution in [3.8, 4) is 0 Å². The van der Waals surface area contributed by atoms with E-state index in [0.29, 0.717) is 48.8 Å². The number of carbonyl (C=O) groups excluding carboxylic acids is 4. The first kappa shape index (κ1) is 44.0. The van der Waals surface area contributed by atoms with Gasteiger partial charge in [-0.25, -0.2) is 9.98 Å². The molecule has 0 bridgehead atoms. The van der Waals surface area contributed by atoms with E-state index in [9.17, 15) is 24.3 Å². The van der Waals surface area contributed by atoms with E-state index in [1.165, 1.54) is 6.20 Å². The number of piperazine rings is 1. The van der Waals surface area contributed by atoms with Gasteiger partial charge < -0.3 is 25.5 Å². The molecule has 2 aromatic carbocycles. The maximum atomic E-state index is 13.2. The van der Waals surface area contributed by atoms with Gasteiger partial charge in [0.05, 0.1) is 17.8 Å². The van der Waals surface area contributed by atoms with E-state index in [-0.39, 0.29) is 29.8 Å². The predicted molar refractivity (Wildman–Crippen MR) is 243 cm³/mol. The van der Waals surface area contributed by atoms with E-state index in [0.717, 1.165) is 106 Å². The van der Waals surface area contributed by atoms with Crippen molar-refractivity contribution in [3.05, 3.63) is 101 Å². The number of piperidine rings is 2. The van der Waals surface area contributed by atoms with Crippen LogP contribution in [0.3, 0.4) is 0 Å². The SMILES string of the molecule is C=CCNC(=O)/C(=C/N=C)C(=Nc1ccc2c(n1)C(O)CC2)Nc1ccc(N2CCC(CCN3CCN(c4ccc(C=O)c(CN(C)C5CCC(=O)NC5=O)c4)CC3)CC2)cc1. The van der Waals surface area contributed by atoms with Gasteiger partial charge in [0.25, 0.3) is 5.91 Å². The van der Waals surface area contributed by atoms with Crippen molar-refractivity contribution in [2.45, 2.75) is 63.6 Å². The average molecular weight is 843 g/mol. The fourth-order valence-corrected chi connectivity index (χ4v) is 8.82. The molecule has 7 rings (SSSR count). The van der Waals surface area contributed by atoms with E-state index < -0.39 is 18.1 Å². The average Bonchev–Trinajstić information content (AvgIpc) is 3.66. The maximum Gasteiger partial charge on any atom is 0.256 e. The minimum absolute atomic E-state index is 0.186. The number of fused-ring (bicyclic) bond motifs is 1. The van der Waals surface area contributed by atoms with Gasteiger partial charge in [0.2, 0.25) is 11.8 Å². The van der Waals surface area contributed by atoms with Crippen LogP contribution in [-0.4, -0.2) is 122 Å². The van der Waals surface area contributed by atoms with E-state index in [1.54, 1.807) is 12.1 Å². The zero-order valence-corrected chi connectivity index (χ0v) is 35.6. The Balaban J connectivity index is 0.896. The topological polar surface area (TPSA) is 175 Å². The number of aliphatic imine (C=N–C) groups is 2. The molecule has 4 aliphatic rings. The van der Waals surface area contributed by atoms with Gasteiger partial charge >= 0.3 is 0 Å². The third kappa shape index (κ3) is 10.9. The molecule has 3 saturated heterocycles. The van der Waals surface area contributed by atoms with E-state index in [1.807, 2.05) is 42.3 Å². The summed E-state index contributed by atoms with van der Waals surface area (Å²) in [6.45, 7) is 14.8. The number of amidine groups is 1. The third-order valence-electron chi connectivity index (χ3n) is 12.5. The Morgan fingerprint density at radius 1 is 0.968 bits per heavy atom. The van der Waals surface area contributed by atoms with Crippen LogP contribution < -0.4 is 25.8 Å². The number of likely N-dealkylation sites (N-methyl/N-ethyl adjacent to an activating group) is 1. The molecule has 0 saturated carbocycles. The number of hydrogen-bond acceptors (Lipinski definition) is 12. The van der Waals surface area contributed by atoms with Gasteiger partial charge in [-0.2, -0.15) is 0 Å². The maximum absolute atomic E-state index is 13.2.